The van der Waals surface area contributed by atoms with Crippen LogP contribution >= 0.6 is 12.4 Å². The first kappa shape index (κ1) is 14.9. The van der Waals surface area contributed by atoms with E-state index in [2.05, 4.69) is 5.32 Å². The molecule has 0 aliphatic rings. The Morgan fingerprint density at radius 3 is 2.75 bits per heavy atom. The minimum atomic E-state index is -0.0284. The van der Waals surface area contributed by atoms with E-state index in [1.54, 1.807) is 0 Å². The number of hydrogen-bond donors (Lipinski definition) is 2. The van der Waals surface area contributed by atoms with Crippen molar-refractivity contribution in [3.05, 3.63) is 35.4 Å². The number of rotatable bonds is 4. The minimum absolute atomic E-state index is 0. The van der Waals surface area contributed by atoms with Crippen molar-refractivity contribution in [3.63, 3.8) is 0 Å². The van der Waals surface area contributed by atoms with Gasteiger partial charge in [0.1, 0.15) is 0 Å². The number of aryl methyl sites for hydroxylation is 1. The molecule has 1 amide bonds. The zero-order valence-corrected chi connectivity index (χ0v) is 10.5. The van der Waals surface area contributed by atoms with E-state index in [9.17, 15) is 4.79 Å². The maximum absolute atomic E-state index is 11.6. The van der Waals surface area contributed by atoms with Crippen LogP contribution in [0.25, 0.3) is 0 Å². The third kappa shape index (κ3) is 5.14. The van der Waals surface area contributed by atoms with Gasteiger partial charge < -0.3 is 11.1 Å². The fraction of sp³-hybridized carbons (Fsp3) is 0.417. The molecule has 1 atom stereocenters. The molecule has 0 saturated heterocycles. The van der Waals surface area contributed by atoms with Crippen LogP contribution in [0.3, 0.4) is 0 Å². The number of carbonyl (C=O) groups excluding carboxylic acids is 1. The molecule has 16 heavy (non-hydrogen) atoms. The highest BCUT2D eigenvalue weighted by molar-refractivity contribution is 5.94. The van der Waals surface area contributed by atoms with Crippen LogP contribution in [0.15, 0.2) is 24.3 Å². The first-order valence-electron chi connectivity index (χ1n) is 5.20. The van der Waals surface area contributed by atoms with Crippen molar-refractivity contribution in [1.82, 2.24) is 5.32 Å². The molecule has 0 radical (unpaired) electrons. The molecule has 0 spiro atoms. The minimum Gasteiger partial charge on any atom is -0.352 e. The van der Waals surface area contributed by atoms with Crippen molar-refractivity contribution < 1.29 is 4.79 Å². The lowest BCUT2D eigenvalue weighted by molar-refractivity contribution is 0.0952. The lowest BCUT2D eigenvalue weighted by Gasteiger charge is -2.07. The molecule has 1 unspecified atom stereocenters. The van der Waals surface area contributed by atoms with Crippen LogP contribution in [-0.4, -0.2) is 18.5 Å². The monoisotopic (exact) mass is 242 g/mol. The summed E-state index contributed by atoms with van der Waals surface area (Å²) in [6.07, 6.45) is 0.803. The Morgan fingerprint density at radius 1 is 1.50 bits per heavy atom. The maximum atomic E-state index is 11.6. The van der Waals surface area contributed by atoms with E-state index in [0.29, 0.717) is 12.1 Å². The highest BCUT2D eigenvalue weighted by atomic mass is 35.5. The summed E-state index contributed by atoms with van der Waals surface area (Å²) < 4.78 is 0. The standard InChI is InChI=1S/C12H18N2O.ClH/c1-9-4-3-5-11(8-9)12(15)14-7-6-10(2)13;/h3-5,8,10H,6-7,13H2,1-2H3,(H,14,15);1H. The lowest BCUT2D eigenvalue weighted by atomic mass is 10.1. The number of nitrogens with one attached hydrogen (secondary N) is 1. The number of hydrogen-bond acceptors (Lipinski definition) is 2. The van der Waals surface area contributed by atoms with Crippen molar-refractivity contribution in [2.45, 2.75) is 26.3 Å². The first-order chi connectivity index (χ1) is 7.09. The van der Waals surface area contributed by atoms with Crippen LogP contribution in [0.5, 0.6) is 0 Å². The van der Waals surface area contributed by atoms with Gasteiger partial charge in [0, 0.05) is 18.2 Å². The fourth-order valence-electron chi connectivity index (χ4n) is 1.30. The quantitative estimate of drug-likeness (QED) is 0.847. The Labute approximate surface area is 103 Å². The SMILES string of the molecule is Cc1cccc(C(=O)NCCC(C)N)c1.Cl. The van der Waals surface area contributed by atoms with Crippen molar-refractivity contribution >= 4 is 18.3 Å². The topological polar surface area (TPSA) is 55.1 Å². The van der Waals surface area contributed by atoms with Crippen LogP contribution in [0.4, 0.5) is 0 Å². The first-order valence-corrected chi connectivity index (χ1v) is 5.20. The molecule has 0 aliphatic heterocycles. The molecular weight excluding hydrogens is 224 g/mol. The van der Waals surface area contributed by atoms with Gasteiger partial charge in [-0.05, 0) is 32.4 Å². The fourth-order valence-corrected chi connectivity index (χ4v) is 1.30. The van der Waals surface area contributed by atoms with E-state index in [1.165, 1.54) is 0 Å². The highest BCUT2D eigenvalue weighted by Gasteiger charge is 2.04. The van der Waals surface area contributed by atoms with Gasteiger partial charge in [0.15, 0.2) is 0 Å². The predicted molar refractivity (Wildman–Crippen MR) is 69.0 cm³/mol. The van der Waals surface area contributed by atoms with E-state index >= 15 is 0 Å². The molecule has 0 fully saturated rings. The summed E-state index contributed by atoms with van der Waals surface area (Å²) in [6, 6.07) is 7.67. The number of halogens is 1. The molecular formula is C12H19ClN2O. The maximum Gasteiger partial charge on any atom is 0.251 e. The summed E-state index contributed by atoms with van der Waals surface area (Å²) >= 11 is 0. The summed E-state index contributed by atoms with van der Waals surface area (Å²) in [6.45, 7) is 4.53. The molecule has 1 aromatic carbocycles. The Morgan fingerprint density at radius 2 is 2.19 bits per heavy atom. The number of benzene rings is 1. The van der Waals surface area contributed by atoms with E-state index in [-0.39, 0.29) is 24.4 Å². The Hall–Kier alpha value is -1.06. The summed E-state index contributed by atoms with van der Waals surface area (Å²) in [7, 11) is 0. The molecule has 3 N–H and O–H groups in total. The zero-order valence-electron chi connectivity index (χ0n) is 9.69. The second kappa shape index (κ2) is 7.25. The largest absolute Gasteiger partial charge is 0.352 e. The van der Waals surface area contributed by atoms with Crippen molar-refractivity contribution in [2.75, 3.05) is 6.54 Å². The van der Waals surface area contributed by atoms with Crippen LogP contribution in [0.1, 0.15) is 29.3 Å². The third-order valence-corrected chi connectivity index (χ3v) is 2.17. The summed E-state index contributed by atoms with van der Waals surface area (Å²) in [5.74, 6) is -0.0284. The van der Waals surface area contributed by atoms with Crippen LogP contribution in [0, 0.1) is 6.92 Å². The van der Waals surface area contributed by atoms with Gasteiger partial charge in [-0.3, -0.25) is 4.79 Å². The van der Waals surface area contributed by atoms with E-state index in [0.717, 1.165) is 12.0 Å². The second-order valence-electron chi connectivity index (χ2n) is 3.89. The van der Waals surface area contributed by atoms with Crippen LogP contribution < -0.4 is 11.1 Å². The molecule has 1 rings (SSSR count). The van der Waals surface area contributed by atoms with Gasteiger partial charge in [-0.1, -0.05) is 17.7 Å². The molecule has 0 heterocycles. The summed E-state index contributed by atoms with van der Waals surface area (Å²) in [5, 5.41) is 2.84. The lowest BCUT2D eigenvalue weighted by Crippen LogP contribution is -2.28. The molecule has 3 nitrogen and oxygen atoms in total. The summed E-state index contributed by atoms with van der Waals surface area (Å²) in [4.78, 5) is 11.6. The van der Waals surface area contributed by atoms with Crippen molar-refractivity contribution in [1.29, 1.82) is 0 Å². The highest BCUT2D eigenvalue weighted by Crippen LogP contribution is 2.03. The van der Waals surface area contributed by atoms with Crippen molar-refractivity contribution in [2.24, 2.45) is 5.73 Å². The molecule has 0 saturated carbocycles. The molecule has 90 valence electrons. The van der Waals surface area contributed by atoms with E-state index in [1.807, 2.05) is 38.1 Å². The molecule has 0 aliphatic carbocycles. The predicted octanol–water partition coefficient (Wildman–Crippen LogP) is 1.88. The van der Waals surface area contributed by atoms with Gasteiger partial charge in [0.2, 0.25) is 0 Å². The Kier molecular flexibility index (Phi) is 6.77. The number of carbonyl (C=O) groups is 1. The van der Waals surface area contributed by atoms with E-state index < -0.39 is 0 Å². The van der Waals surface area contributed by atoms with Gasteiger partial charge in [0.05, 0.1) is 0 Å². The van der Waals surface area contributed by atoms with Gasteiger partial charge in [0.25, 0.3) is 5.91 Å². The van der Waals surface area contributed by atoms with E-state index in [4.69, 9.17) is 5.73 Å². The molecule has 0 bridgehead atoms. The van der Waals surface area contributed by atoms with Gasteiger partial charge in [-0.25, -0.2) is 0 Å². The normalized spacial score (nSPS) is 11.4. The average Bonchev–Trinajstić information content (AvgIpc) is 2.17. The Balaban J connectivity index is 0.00000225. The van der Waals surface area contributed by atoms with Gasteiger partial charge in [-0.2, -0.15) is 0 Å². The average molecular weight is 243 g/mol. The van der Waals surface area contributed by atoms with Crippen LogP contribution in [0.2, 0.25) is 0 Å². The third-order valence-electron chi connectivity index (χ3n) is 2.17. The molecule has 1 aromatic rings. The summed E-state index contributed by atoms with van der Waals surface area (Å²) in [5.41, 5.74) is 7.39. The smallest absolute Gasteiger partial charge is 0.251 e. The number of nitrogens with two attached hydrogens (primary N) is 1. The van der Waals surface area contributed by atoms with Gasteiger partial charge >= 0.3 is 0 Å². The van der Waals surface area contributed by atoms with Gasteiger partial charge in [-0.15, -0.1) is 12.4 Å². The zero-order chi connectivity index (χ0) is 11.3. The van der Waals surface area contributed by atoms with Crippen LogP contribution in [-0.2, 0) is 0 Å². The number of amides is 1. The second-order valence-corrected chi connectivity index (χ2v) is 3.89. The van der Waals surface area contributed by atoms with Crippen molar-refractivity contribution in [3.8, 4) is 0 Å². The molecule has 4 heteroatoms. The molecule has 0 aromatic heterocycles. The Bertz CT molecular complexity index is 340.